The lowest BCUT2D eigenvalue weighted by molar-refractivity contribution is 0.300. The summed E-state index contributed by atoms with van der Waals surface area (Å²) < 4.78 is 5.78. The summed E-state index contributed by atoms with van der Waals surface area (Å²) in [4.78, 5) is 4.52. The van der Waals surface area contributed by atoms with E-state index in [4.69, 9.17) is 4.74 Å². The smallest absolute Gasteiger partial charge is 0.130 e. The third-order valence-electron chi connectivity index (χ3n) is 3.66. The molecule has 1 N–H and O–H groups in total. The van der Waals surface area contributed by atoms with Crippen LogP contribution in [0.4, 0.5) is 0 Å². The van der Waals surface area contributed by atoms with Gasteiger partial charge >= 0.3 is 0 Å². The van der Waals surface area contributed by atoms with Crippen LogP contribution in [0.2, 0.25) is 0 Å². The average Bonchev–Trinajstić information content (AvgIpc) is 2.91. The van der Waals surface area contributed by atoms with Gasteiger partial charge in [0.25, 0.3) is 0 Å². The highest BCUT2D eigenvalue weighted by Crippen LogP contribution is 2.24. The molecular formula is C18H19N3O. The molecule has 0 unspecified atom stereocenters. The van der Waals surface area contributed by atoms with Gasteiger partial charge in [0.05, 0.1) is 17.6 Å². The van der Waals surface area contributed by atoms with Crippen molar-refractivity contribution in [2.75, 3.05) is 0 Å². The van der Waals surface area contributed by atoms with E-state index in [2.05, 4.69) is 35.1 Å². The molecule has 3 rings (SSSR count). The van der Waals surface area contributed by atoms with Crippen LogP contribution in [0, 0.1) is 20.8 Å². The van der Waals surface area contributed by atoms with E-state index in [1.165, 1.54) is 11.1 Å². The molecule has 1 aromatic carbocycles. The summed E-state index contributed by atoms with van der Waals surface area (Å²) in [5.74, 6) is 0.836. The largest absolute Gasteiger partial charge is 0.487 e. The highest BCUT2D eigenvalue weighted by molar-refractivity contribution is 5.63. The van der Waals surface area contributed by atoms with Gasteiger partial charge < -0.3 is 4.74 Å². The van der Waals surface area contributed by atoms with Gasteiger partial charge in [0, 0.05) is 11.8 Å². The number of aromatic nitrogens is 3. The van der Waals surface area contributed by atoms with Gasteiger partial charge in [0.1, 0.15) is 12.4 Å². The number of nitrogens with zero attached hydrogens (tertiary/aromatic N) is 2. The lowest BCUT2D eigenvalue weighted by atomic mass is 10.1. The Balaban J connectivity index is 1.74. The standard InChI is InChI=1S/C18H19N3O/c1-12-8-13(2)18(19-9-12)15-4-6-16(7-5-15)22-11-17-14(3)10-20-21-17/h4-10H,11H2,1-3H3,(H,20,21). The zero-order chi connectivity index (χ0) is 15.5. The first kappa shape index (κ1) is 14.3. The summed E-state index contributed by atoms with van der Waals surface area (Å²) in [6, 6.07) is 10.2. The number of hydrogen-bond acceptors (Lipinski definition) is 3. The maximum absolute atomic E-state index is 5.78. The minimum atomic E-state index is 0.493. The Labute approximate surface area is 130 Å². The second-order valence-electron chi connectivity index (χ2n) is 5.52. The molecule has 0 bridgehead atoms. The van der Waals surface area contributed by atoms with Crippen LogP contribution in [-0.4, -0.2) is 15.2 Å². The molecule has 0 atom stereocenters. The first-order valence-corrected chi connectivity index (χ1v) is 7.29. The van der Waals surface area contributed by atoms with Crippen molar-refractivity contribution in [2.24, 2.45) is 0 Å². The maximum atomic E-state index is 5.78. The van der Waals surface area contributed by atoms with E-state index < -0.39 is 0 Å². The first-order chi connectivity index (χ1) is 10.6. The Morgan fingerprint density at radius 2 is 1.77 bits per heavy atom. The van der Waals surface area contributed by atoms with E-state index in [-0.39, 0.29) is 0 Å². The summed E-state index contributed by atoms with van der Waals surface area (Å²) in [5.41, 5.74) is 6.58. The number of aryl methyl sites for hydroxylation is 3. The summed E-state index contributed by atoms with van der Waals surface area (Å²) >= 11 is 0. The second-order valence-corrected chi connectivity index (χ2v) is 5.52. The SMILES string of the molecule is Cc1cnc(-c2ccc(OCc3[nH]ncc3C)cc2)c(C)c1. The van der Waals surface area contributed by atoms with Crippen molar-refractivity contribution in [1.82, 2.24) is 15.2 Å². The van der Waals surface area contributed by atoms with Gasteiger partial charge in [-0.25, -0.2) is 0 Å². The van der Waals surface area contributed by atoms with E-state index in [0.717, 1.165) is 28.3 Å². The molecule has 0 aliphatic heterocycles. The van der Waals surface area contributed by atoms with Crippen molar-refractivity contribution < 1.29 is 4.74 Å². The van der Waals surface area contributed by atoms with Crippen molar-refractivity contribution in [3.05, 3.63) is 65.1 Å². The molecule has 0 aliphatic rings. The molecule has 0 saturated carbocycles. The molecular weight excluding hydrogens is 274 g/mol. The van der Waals surface area contributed by atoms with Crippen LogP contribution < -0.4 is 4.74 Å². The zero-order valence-corrected chi connectivity index (χ0v) is 13.1. The van der Waals surface area contributed by atoms with Gasteiger partial charge in [-0.2, -0.15) is 5.10 Å². The molecule has 2 aromatic heterocycles. The van der Waals surface area contributed by atoms with Gasteiger partial charge in [0.2, 0.25) is 0 Å². The van der Waals surface area contributed by atoms with E-state index in [1.54, 1.807) is 6.20 Å². The van der Waals surface area contributed by atoms with Crippen LogP contribution in [0.15, 0.2) is 42.7 Å². The fraction of sp³-hybridized carbons (Fsp3) is 0.222. The Morgan fingerprint density at radius 3 is 2.41 bits per heavy atom. The van der Waals surface area contributed by atoms with E-state index in [1.807, 2.05) is 37.4 Å². The minimum absolute atomic E-state index is 0.493. The summed E-state index contributed by atoms with van der Waals surface area (Å²) in [7, 11) is 0. The molecule has 4 heteroatoms. The molecule has 0 spiro atoms. The number of pyridine rings is 1. The summed E-state index contributed by atoms with van der Waals surface area (Å²) in [5, 5.41) is 6.93. The van der Waals surface area contributed by atoms with Gasteiger partial charge in [-0.15, -0.1) is 0 Å². The van der Waals surface area contributed by atoms with Crippen LogP contribution in [0.1, 0.15) is 22.4 Å². The van der Waals surface area contributed by atoms with Crippen molar-refractivity contribution in [1.29, 1.82) is 0 Å². The zero-order valence-electron chi connectivity index (χ0n) is 13.1. The van der Waals surface area contributed by atoms with Gasteiger partial charge in [-0.05, 0) is 61.7 Å². The number of H-pyrrole nitrogens is 1. The average molecular weight is 293 g/mol. The number of benzene rings is 1. The number of rotatable bonds is 4. The Kier molecular flexibility index (Phi) is 3.92. The van der Waals surface area contributed by atoms with Gasteiger partial charge in [-0.1, -0.05) is 6.07 Å². The molecule has 0 amide bonds. The monoisotopic (exact) mass is 293 g/mol. The van der Waals surface area contributed by atoms with Crippen LogP contribution >= 0.6 is 0 Å². The third-order valence-corrected chi connectivity index (χ3v) is 3.66. The third kappa shape index (κ3) is 3.01. The number of hydrogen-bond donors (Lipinski definition) is 1. The van der Waals surface area contributed by atoms with Gasteiger partial charge in [0.15, 0.2) is 0 Å². The van der Waals surface area contributed by atoms with Crippen LogP contribution in [0.25, 0.3) is 11.3 Å². The topological polar surface area (TPSA) is 50.8 Å². The van der Waals surface area contributed by atoms with E-state index in [0.29, 0.717) is 6.61 Å². The molecule has 0 radical (unpaired) electrons. The number of nitrogens with one attached hydrogen (secondary N) is 1. The number of aromatic amines is 1. The highest BCUT2D eigenvalue weighted by Gasteiger charge is 2.05. The molecule has 0 aliphatic carbocycles. The van der Waals surface area contributed by atoms with E-state index >= 15 is 0 Å². The molecule has 22 heavy (non-hydrogen) atoms. The lowest BCUT2D eigenvalue weighted by Gasteiger charge is -2.08. The molecule has 0 saturated heterocycles. The second kappa shape index (κ2) is 6.02. The van der Waals surface area contributed by atoms with Crippen molar-refractivity contribution in [3.8, 4) is 17.0 Å². The predicted octanol–water partition coefficient (Wildman–Crippen LogP) is 3.98. The first-order valence-electron chi connectivity index (χ1n) is 7.29. The van der Waals surface area contributed by atoms with Crippen molar-refractivity contribution in [3.63, 3.8) is 0 Å². The molecule has 2 heterocycles. The lowest BCUT2D eigenvalue weighted by Crippen LogP contribution is -1.97. The highest BCUT2D eigenvalue weighted by atomic mass is 16.5. The Bertz CT molecular complexity index is 775. The van der Waals surface area contributed by atoms with E-state index in [9.17, 15) is 0 Å². The molecule has 3 aromatic rings. The molecule has 4 nitrogen and oxygen atoms in total. The normalized spacial score (nSPS) is 10.7. The molecule has 0 fully saturated rings. The fourth-order valence-electron chi connectivity index (χ4n) is 2.40. The maximum Gasteiger partial charge on any atom is 0.130 e. The van der Waals surface area contributed by atoms with Crippen molar-refractivity contribution >= 4 is 0 Å². The summed E-state index contributed by atoms with van der Waals surface area (Å²) in [6.07, 6.45) is 3.70. The van der Waals surface area contributed by atoms with Crippen LogP contribution in [0.3, 0.4) is 0 Å². The van der Waals surface area contributed by atoms with Crippen molar-refractivity contribution in [2.45, 2.75) is 27.4 Å². The molecule has 112 valence electrons. The quantitative estimate of drug-likeness (QED) is 0.791. The number of ether oxygens (including phenoxy) is 1. The van der Waals surface area contributed by atoms with Gasteiger partial charge in [-0.3, -0.25) is 10.1 Å². The van der Waals surface area contributed by atoms with Crippen LogP contribution in [-0.2, 0) is 6.61 Å². The Hall–Kier alpha value is -2.62. The predicted molar refractivity (Wildman–Crippen MR) is 86.8 cm³/mol. The summed E-state index contributed by atoms with van der Waals surface area (Å²) in [6.45, 7) is 6.64. The van der Waals surface area contributed by atoms with Crippen LogP contribution in [0.5, 0.6) is 5.75 Å². The fourth-order valence-corrected chi connectivity index (χ4v) is 2.40. The minimum Gasteiger partial charge on any atom is -0.487 e. The Morgan fingerprint density at radius 1 is 1.00 bits per heavy atom.